The quantitative estimate of drug-likeness (QED) is 0.274. The molecule has 0 spiro atoms. The number of nitrogens with one attached hydrogen (secondary N) is 3. The van der Waals surface area contributed by atoms with Crippen LogP contribution in [0.4, 0.5) is 11.4 Å². The maximum Gasteiger partial charge on any atom is 0.261 e. The van der Waals surface area contributed by atoms with Gasteiger partial charge >= 0.3 is 0 Å². The van der Waals surface area contributed by atoms with Crippen molar-refractivity contribution in [3.8, 4) is 0 Å². The molecule has 0 aliphatic heterocycles. The first-order chi connectivity index (χ1) is 18.2. The van der Waals surface area contributed by atoms with Crippen LogP contribution in [0.15, 0.2) is 102 Å². The number of benzene rings is 4. The van der Waals surface area contributed by atoms with Crippen LogP contribution in [0.2, 0.25) is 0 Å². The molecule has 4 aromatic rings. The SMILES string of the molecule is Cc1ccc(S(=O)(=O)Nc2ccc(C(=O)Nc3ccccc3C(=O)NCCc3ccccc3)cc2C)cc1. The number of sulfonamides is 1. The highest BCUT2D eigenvalue weighted by atomic mass is 32.2. The van der Waals surface area contributed by atoms with Crippen LogP contribution in [0.1, 0.15) is 37.4 Å². The summed E-state index contributed by atoms with van der Waals surface area (Å²) in [5.41, 5.74) is 4.11. The molecule has 0 fully saturated rings. The first-order valence-electron chi connectivity index (χ1n) is 12.2. The predicted molar refractivity (Wildman–Crippen MR) is 150 cm³/mol. The zero-order valence-electron chi connectivity index (χ0n) is 21.2. The number of rotatable bonds is 9. The Morgan fingerprint density at radius 1 is 0.737 bits per heavy atom. The molecule has 0 radical (unpaired) electrons. The van der Waals surface area contributed by atoms with Crippen molar-refractivity contribution in [2.75, 3.05) is 16.6 Å². The van der Waals surface area contributed by atoms with Gasteiger partial charge in [-0.1, -0.05) is 60.2 Å². The van der Waals surface area contributed by atoms with Crippen molar-refractivity contribution in [3.05, 3.63) is 125 Å². The van der Waals surface area contributed by atoms with Gasteiger partial charge in [0.05, 0.1) is 21.8 Å². The van der Waals surface area contributed by atoms with Gasteiger partial charge < -0.3 is 10.6 Å². The zero-order valence-corrected chi connectivity index (χ0v) is 22.0. The maximum atomic E-state index is 13.0. The molecule has 8 heteroatoms. The number of carbonyl (C=O) groups is 2. The second kappa shape index (κ2) is 11.7. The minimum absolute atomic E-state index is 0.156. The van der Waals surface area contributed by atoms with Gasteiger partial charge in [0.2, 0.25) is 0 Å². The Morgan fingerprint density at radius 3 is 2.13 bits per heavy atom. The second-order valence-electron chi connectivity index (χ2n) is 8.94. The molecule has 38 heavy (non-hydrogen) atoms. The Balaban J connectivity index is 1.43. The van der Waals surface area contributed by atoms with E-state index in [1.807, 2.05) is 37.3 Å². The second-order valence-corrected chi connectivity index (χ2v) is 10.6. The van der Waals surface area contributed by atoms with E-state index in [-0.39, 0.29) is 10.8 Å². The van der Waals surface area contributed by atoms with Gasteiger partial charge in [-0.3, -0.25) is 14.3 Å². The summed E-state index contributed by atoms with van der Waals surface area (Å²) in [4.78, 5) is 26.0. The molecule has 0 atom stereocenters. The summed E-state index contributed by atoms with van der Waals surface area (Å²) in [7, 11) is -3.77. The van der Waals surface area contributed by atoms with Crippen molar-refractivity contribution < 1.29 is 18.0 Å². The van der Waals surface area contributed by atoms with Gasteiger partial charge in [0.15, 0.2) is 0 Å². The molecule has 194 valence electrons. The highest BCUT2D eigenvalue weighted by Crippen LogP contribution is 2.23. The average Bonchev–Trinajstić information content (AvgIpc) is 2.91. The summed E-state index contributed by atoms with van der Waals surface area (Å²) in [6.45, 7) is 4.07. The topological polar surface area (TPSA) is 104 Å². The lowest BCUT2D eigenvalue weighted by molar-refractivity contribution is 0.0955. The Bertz CT molecular complexity index is 1550. The van der Waals surface area contributed by atoms with Gasteiger partial charge in [0.25, 0.3) is 21.8 Å². The zero-order chi connectivity index (χ0) is 27.1. The third kappa shape index (κ3) is 6.66. The molecule has 0 unspecified atom stereocenters. The van der Waals surface area contributed by atoms with E-state index >= 15 is 0 Å². The Morgan fingerprint density at radius 2 is 1.42 bits per heavy atom. The normalized spacial score (nSPS) is 11.0. The Hall–Kier alpha value is -4.43. The summed E-state index contributed by atoms with van der Waals surface area (Å²) in [5, 5.41) is 5.70. The minimum atomic E-state index is -3.77. The lowest BCUT2D eigenvalue weighted by Crippen LogP contribution is -2.27. The van der Waals surface area contributed by atoms with Crippen LogP contribution in [-0.2, 0) is 16.4 Å². The highest BCUT2D eigenvalue weighted by molar-refractivity contribution is 7.92. The molecule has 4 rings (SSSR count). The molecular weight excluding hydrogens is 498 g/mol. The maximum absolute atomic E-state index is 13.0. The van der Waals surface area contributed by atoms with Crippen LogP contribution in [-0.4, -0.2) is 26.8 Å². The number of hydrogen-bond acceptors (Lipinski definition) is 4. The van der Waals surface area contributed by atoms with Gasteiger partial charge in [0.1, 0.15) is 0 Å². The lowest BCUT2D eigenvalue weighted by atomic mass is 10.1. The van der Waals surface area contributed by atoms with Gasteiger partial charge in [-0.05, 0) is 73.9 Å². The summed E-state index contributed by atoms with van der Waals surface area (Å²) in [6, 6.07) is 27.9. The van der Waals surface area contributed by atoms with Crippen LogP contribution in [0.5, 0.6) is 0 Å². The van der Waals surface area contributed by atoms with Crippen LogP contribution in [0.3, 0.4) is 0 Å². The van der Waals surface area contributed by atoms with E-state index in [0.29, 0.717) is 41.0 Å². The molecule has 7 nitrogen and oxygen atoms in total. The van der Waals surface area contributed by atoms with Crippen molar-refractivity contribution >= 4 is 33.2 Å². The van der Waals surface area contributed by atoms with Crippen molar-refractivity contribution in [1.29, 1.82) is 0 Å². The van der Waals surface area contributed by atoms with E-state index < -0.39 is 15.9 Å². The van der Waals surface area contributed by atoms with Gasteiger partial charge in [-0.2, -0.15) is 0 Å². The van der Waals surface area contributed by atoms with Crippen molar-refractivity contribution in [2.24, 2.45) is 0 Å². The number of anilines is 2. The molecule has 3 N–H and O–H groups in total. The molecule has 2 amide bonds. The highest BCUT2D eigenvalue weighted by Gasteiger charge is 2.17. The number of hydrogen-bond donors (Lipinski definition) is 3. The molecular formula is C30H29N3O4S. The summed E-state index contributed by atoms with van der Waals surface area (Å²) >= 11 is 0. The standard InChI is InChI=1S/C30H29N3O4S/c1-21-12-15-25(16-13-21)38(36,37)33-27-17-14-24(20-22(27)2)29(34)32-28-11-7-6-10-26(28)30(35)31-19-18-23-8-4-3-5-9-23/h3-17,20,33H,18-19H2,1-2H3,(H,31,35)(H,32,34). The van der Waals surface area contributed by atoms with Gasteiger partial charge in [-0.25, -0.2) is 8.42 Å². The molecule has 4 aromatic carbocycles. The first kappa shape index (κ1) is 26.6. The van der Waals surface area contributed by atoms with Crippen molar-refractivity contribution in [1.82, 2.24) is 5.32 Å². The van der Waals surface area contributed by atoms with Crippen molar-refractivity contribution in [3.63, 3.8) is 0 Å². The van der Waals surface area contributed by atoms with E-state index in [0.717, 1.165) is 11.1 Å². The molecule has 0 bridgehead atoms. The van der Waals surface area contributed by atoms with Crippen LogP contribution >= 0.6 is 0 Å². The average molecular weight is 528 g/mol. The molecule has 0 saturated heterocycles. The monoisotopic (exact) mass is 527 g/mol. The summed E-state index contributed by atoms with van der Waals surface area (Å²) < 4.78 is 28.1. The fraction of sp³-hybridized carbons (Fsp3) is 0.133. The van der Waals surface area contributed by atoms with Crippen LogP contribution in [0.25, 0.3) is 0 Å². The summed E-state index contributed by atoms with van der Waals surface area (Å²) in [5.74, 6) is -0.695. The number of carbonyl (C=O) groups excluding carboxylic acids is 2. The van der Waals surface area contributed by atoms with E-state index in [2.05, 4.69) is 15.4 Å². The van der Waals surface area contributed by atoms with Crippen molar-refractivity contribution in [2.45, 2.75) is 25.2 Å². The number of amides is 2. The van der Waals surface area contributed by atoms with Gasteiger partial charge in [-0.15, -0.1) is 0 Å². The third-order valence-corrected chi connectivity index (χ3v) is 7.41. The minimum Gasteiger partial charge on any atom is -0.352 e. The fourth-order valence-corrected chi connectivity index (χ4v) is 5.02. The number of aryl methyl sites for hydroxylation is 2. The van der Waals surface area contributed by atoms with Crippen LogP contribution in [0, 0.1) is 13.8 Å². The lowest BCUT2D eigenvalue weighted by Gasteiger charge is -2.14. The van der Waals surface area contributed by atoms with Gasteiger partial charge in [0, 0.05) is 12.1 Å². The van der Waals surface area contributed by atoms with E-state index in [1.54, 1.807) is 67.6 Å². The molecule has 0 aliphatic rings. The third-order valence-electron chi connectivity index (χ3n) is 6.03. The fourth-order valence-electron chi connectivity index (χ4n) is 3.89. The Labute approximate surface area is 223 Å². The van der Waals surface area contributed by atoms with E-state index in [1.165, 1.54) is 6.07 Å². The molecule has 0 aromatic heterocycles. The molecule has 0 heterocycles. The Kier molecular flexibility index (Phi) is 8.23. The first-order valence-corrected chi connectivity index (χ1v) is 13.6. The largest absolute Gasteiger partial charge is 0.352 e. The number of para-hydroxylation sites is 1. The van der Waals surface area contributed by atoms with E-state index in [4.69, 9.17) is 0 Å². The smallest absolute Gasteiger partial charge is 0.261 e. The summed E-state index contributed by atoms with van der Waals surface area (Å²) in [6.07, 6.45) is 0.695. The predicted octanol–water partition coefficient (Wildman–Crippen LogP) is 5.33. The van der Waals surface area contributed by atoms with E-state index in [9.17, 15) is 18.0 Å². The van der Waals surface area contributed by atoms with Crippen LogP contribution < -0.4 is 15.4 Å². The molecule has 0 aliphatic carbocycles. The molecule has 0 saturated carbocycles.